The SMILES string of the molecule is CC(C)(C)c1cc2oc3cc(B4OC(C)(C)C(C)(C)O4)c4cc(C(C)(C)C)cc5oc6cc(B7OC(C)(C)C(C)(C)O7)c(c1)c2c6-c3c54. The Morgan fingerprint density at radius 3 is 1.04 bits per heavy atom. The molecule has 4 aliphatic rings. The molecule has 4 aliphatic heterocycles. The summed E-state index contributed by atoms with van der Waals surface area (Å²) in [6.07, 6.45) is 0. The zero-order valence-electron chi connectivity index (χ0n) is 31.1. The summed E-state index contributed by atoms with van der Waals surface area (Å²) in [6.45, 7) is 30.2. The lowest BCUT2D eigenvalue weighted by atomic mass is 9.71. The molecule has 0 bridgehead atoms. The van der Waals surface area contributed by atoms with Crippen LogP contribution in [0, 0.1) is 0 Å². The summed E-state index contributed by atoms with van der Waals surface area (Å²) >= 11 is 0. The Kier molecular flexibility index (Phi) is 6.30. The first-order valence-electron chi connectivity index (χ1n) is 17.4. The zero-order chi connectivity index (χ0) is 34.7. The summed E-state index contributed by atoms with van der Waals surface area (Å²) in [7, 11) is -1.14. The quantitative estimate of drug-likeness (QED) is 0.106. The van der Waals surface area contributed by atoms with Crippen molar-refractivity contribution in [2.24, 2.45) is 0 Å². The van der Waals surface area contributed by atoms with Gasteiger partial charge >= 0.3 is 14.2 Å². The van der Waals surface area contributed by atoms with Crippen molar-refractivity contribution in [1.82, 2.24) is 0 Å². The van der Waals surface area contributed by atoms with Gasteiger partial charge < -0.3 is 27.5 Å². The van der Waals surface area contributed by atoms with E-state index in [0.717, 1.165) is 65.9 Å². The maximum absolute atomic E-state index is 7.03. The molecule has 0 aromatic heterocycles. The van der Waals surface area contributed by atoms with Crippen LogP contribution in [0.15, 0.2) is 45.2 Å². The van der Waals surface area contributed by atoms with Crippen molar-refractivity contribution >= 4 is 69.0 Å². The molecular weight excluding hydrogens is 598 g/mol. The summed E-state index contributed by atoms with van der Waals surface area (Å²) in [5.41, 5.74) is 7.29. The molecule has 0 atom stereocenters. The first-order chi connectivity index (χ1) is 22.0. The highest BCUT2D eigenvalue weighted by atomic mass is 16.7. The summed E-state index contributed by atoms with van der Waals surface area (Å²) < 4.78 is 40.8. The number of hydrogen-bond acceptors (Lipinski definition) is 6. The van der Waals surface area contributed by atoms with Gasteiger partial charge in [-0.2, -0.15) is 0 Å². The summed E-state index contributed by atoms with van der Waals surface area (Å²) in [5.74, 6) is 0. The van der Waals surface area contributed by atoms with Crippen LogP contribution in [0.3, 0.4) is 0 Å². The molecule has 0 radical (unpaired) electrons. The lowest BCUT2D eigenvalue weighted by molar-refractivity contribution is 0.00578. The average molecular weight is 646 g/mol. The Morgan fingerprint density at radius 2 is 0.750 bits per heavy atom. The highest BCUT2D eigenvalue weighted by Crippen LogP contribution is 2.50. The third-order valence-electron chi connectivity index (χ3n) is 11.8. The normalized spacial score (nSPS) is 21.0. The van der Waals surface area contributed by atoms with E-state index in [0.29, 0.717) is 0 Å². The Balaban J connectivity index is 1.52. The maximum Gasteiger partial charge on any atom is 0.495 e. The molecule has 250 valence electrons. The molecule has 6 nitrogen and oxygen atoms in total. The summed E-state index contributed by atoms with van der Waals surface area (Å²) in [5, 5.41) is 4.16. The van der Waals surface area contributed by atoms with E-state index in [9.17, 15) is 0 Å². The van der Waals surface area contributed by atoms with E-state index in [-0.39, 0.29) is 10.8 Å². The molecule has 4 aromatic carbocycles. The van der Waals surface area contributed by atoms with Gasteiger partial charge in [-0.15, -0.1) is 0 Å². The molecule has 0 unspecified atom stereocenters. The first kappa shape index (κ1) is 32.2. The topological polar surface area (TPSA) is 63.2 Å². The van der Waals surface area contributed by atoms with Gasteiger partial charge in [-0.1, -0.05) is 53.7 Å². The van der Waals surface area contributed by atoms with Crippen molar-refractivity contribution in [2.45, 2.75) is 130 Å². The van der Waals surface area contributed by atoms with Crippen LogP contribution in [-0.2, 0) is 29.4 Å². The van der Waals surface area contributed by atoms with Crippen LogP contribution < -0.4 is 10.9 Å². The molecule has 8 heteroatoms. The van der Waals surface area contributed by atoms with E-state index in [1.165, 1.54) is 11.1 Å². The van der Waals surface area contributed by atoms with Crippen LogP contribution in [0.25, 0.3) is 55.0 Å². The second-order valence-corrected chi connectivity index (χ2v) is 18.4. The van der Waals surface area contributed by atoms with Crippen molar-refractivity contribution in [3.8, 4) is 11.1 Å². The fourth-order valence-electron chi connectivity index (χ4n) is 7.28. The monoisotopic (exact) mass is 646 g/mol. The van der Waals surface area contributed by atoms with Crippen molar-refractivity contribution in [3.05, 3.63) is 47.5 Å². The van der Waals surface area contributed by atoms with Crippen molar-refractivity contribution in [3.63, 3.8) is 0 Å². The second kappa shape index (κ2) is 9.39. The molecule has 8 rings (SSSR count). The first-order valence-corrected chi connectivity index (χ1v) is 17.4. The van der Waals surface area contributed by atoms with E-state index in [1.54, 1.807) is 0 Å². The zero-order valence-corrected chi connectivity index (χ0v) is 31.1. The Hall–Kier alpha value is -3.03. The van der Waals surface area contributed by atoms with Crippen LogP contribution in [0.1, 0.15) is 108 Å². The number of benzene rings is 4. The van der Waals surface area contributed by atoms with Gasteiger partial charge in [0, 0.05) is 21.9 Å². The molecule has 0 saturated carbocycles. The van der Waals surface area contributed by atoms with Gasteiger partial charge in [0.2, 0.25) is 0 Å². The number of rotatable bonds is 2. The van der Waals surface area contributed by atoms with Crippen molar-refractivity contribution in [2.75, 3.05) is 0 Å². The molecule has 48 heavy (non-hydrogen) atoms. The van der Waals surface area contributed by atoms with E-state index >= 15 is 0 Å². The fraction of sp³-hybridized carbons (Fsp3) is 0.500. The van der Waals surface area contributed by atoms with Crippen molar-refractivity contribution in [1.29, 1.82) is 0 Å². The second-order valence-electron chi connectivity index (χ2n) is 18.4. The van der Waals surface area contributed by atoms with Gasteiger partial charge in [0.25, 0.3) is 0 Å². The molecule has 4 heterocycles. The number of hydrogen-bond donors (Lipinski definition) is 0. The van der Waals surface area contributed by atoms with Gasteiger partial charge in [-0.25, -0.2) is 0 Å². The third-order valence-corrected chi connectivity index (χ3v) is 11.8. The lowest BCUT2D eigenvalue weighted by Gasteiger charge is -2.32. The minimum Gasteiger partial charge on any atom is -0.456 e. The average Bonchev–Trinajstić information content (AvgIpc) is 3.31. The molecule has 0 spiro atoms. The molecule has 0 amide bonds. The van der Waals surface area contributed by atoms with Gasteiger partial charge in [0.05, 0.1) is 22.4 Å². The van der Waals surface area contributed by atoms with E-state index in [2.05, 4.69) is 133 Å². The van der Waals surface area contributed by atoms with Gasteiger partial charge in [0.15, 0.2) is 0 Å². The van der Waals surface area contributed by atoms with Crippen LogP contribution in [0.5, 0.6) is 0 Å². The molecule has 0 aliphatic carbocycles. The predicted molar refractivity (Wildman–Crippen MR) is 198 cm³/mol. The molecule has 2 fully saturated rings. The van der Waals surface area contributed by atoms with Crippen LogP contribution in [-0.4, -0.2) is 36.6 Å². The maximum atomic E-state index is 7.03. The van der Waals surface area contributed by atoms with Crippen LogP contribution in [0.4, 0.5) is 0 Å². The third kappa shape index (κ3) is 4.41. The van der Waals surface area contributed by atoms with Crippen LogP contribution in [0.2, 0.25) is 0 Å². The molecule has 2 saturated heterocycles. The van der Waals surface area contributed by atoms with E-state index in [4.69, 9.17) is 27.5 Å². The highest BCUT2D eigenvalue weighted by Gasteiger charge is 2.54. The minimum atomic E-state index is -0.568. The fourth-order valence-corrected chi connectivity index (χ4v) is 7.28. The Labute approximate surface area is 284 Å². The molecule has 0 N–H and O–H groups in total. The van der Waals surface area contributed by atoms with Gasteiger partial charge in [-0.05, 0) is 123 Å². The van der Waals surface area contributed by atoms with Crippen molar-refractivity contribution < 1.29 is 27.5 Å². The smallest absolute Gasteiger partial charge is 0.456 e. The Morgan fingerprint density at radius 1 is 0.438 bits per heavy atom. The highest BCUT2D eigenvalue weighted by molar-refractivity contribution is 6.67. The van der Waals surface area contributed by atoms with Crippen LogP contribution >= 0.6 is 0 Å². The Bertz CT molecular complexity index is 2040. The summed E-state index contributed by atoms with van der Waals surface area (Å²) in [4.78, 5) is 0. The van der Waals surface area contributed by atoms with E-state index in [1.807, 2.05) is 0 Å². The lowest BCUT2D eigenvalue weighted by Crippen LogP contribution is -2.41. The largest absolute Gasteiger partial charge is 0.495 e. The predicted octanol–water partition coefficient (Wildman–Crippen LogP) is 9.22. The standard InChI is InChI=1S/C40H48B2O6/c1-35(2,3)21-15-23-25(41-45-37(7,8)38(9,10)46-41)19-30-33-31(23)27(17-21)43-29-20-26(42-47-39(11,12)40(13,14)48-42)24-16-22(36(4,5)6)18-28(44-30)32(24)34(29)33/h15-20H,1-14H3. The van der Waals surface area contributed by atoms with Gasteiger partial charge in [-0.3, -0.25) is 0 Å². The summed E-state index contributed by atoms with van der Waals surface area (Å²) in [6, 6.07) is 13.3. The van der Waals surface area contributed by atoms with E-state index < -0.39 is 36.6 Å². The molecular formula is C40H48B2O6. The van der Waals surface area contributed by atoms with Gasteiger partial charge in [0.1, 0.15) is 22.3 Å². The molecule has 4 aromatic rings. The minimum absolute atomic E-state index is 0.123.